The van der Waals surface area contributed by atoms with Gasteiger partial charge in [0.05, 0.1) is 6.61 Å². The van der Waals surface area contributed by atoms with Crippen molar-refractivity contribution in [1.29, 1.82) is 0 Å². The number of hydrogen-bond donors (Lipinski definition) is 3. The molecule has 12 heavy (non-hydrogen) atoms. The molecule has 0 rings (SSSR count). The van der Waals surface area contributed by atoms with Gasteiger partial charge >= 0.3 is 5.97 Å². The zero-order chi connectivity index (χ0) is 9.56. The first-order valence-corrected chi connectivity index (χ1v) is 3.77. The van der Waals surface area contributed by atoms with E-state index in [-0.39, 0.29) is 18.8 Å². The quantitative estimate of drug-likeness (QED) is 0.495. The van der Waals surface area contributed by atoms with Gasteiger partial charge in [0.15, 0.2) is 0 Å². The van der Waals surface area contributed by atoms with Crippen molar-refractivity contribution in [3.8, 4) is 0 Å². The van der Waals surface area contributed by atoms with Crippen molar-refractivity contribution in [1.82, 2.24) is 0 Å². The highest BCUT2D eigenvalue weighted by molar-refractivity contribution is 5.86. The number of hydrogen-bond acceptors (Lipinski definition) is 3. The van der Waals surface area contributed by atoms with Gasteiger partial charge in [-0.2, -0.15) is 0 Å². The lowest BCUT2D eigenvalue weighted by Crippen LogP contribution is -2.15. The van der Waals surface area contributed by atoms with Gasteiger partial charge in [-0.1, -0.05) is 6.58 Å². The molecule has 0 spiro atoms. The monoisotopic (exact) mass is 174 g/mol. The topological polar surface area (TPSA) is 77.8 Å². The van der Waals surface area contributed by atoms with E-state index in [9.17, 15) is 4.79 Å². The van der Waals surface area contributed by atoms with E-state index in [1.54, 1.807) is 0 Å². The number of carboxylic acids is 1. The Morgan fingerprint density at radius 3 is 2.33 bits per heavy atom. The summed E-state index contributed by atoms with van der Waals surface area (Å²) in [5.41, 5.74) is 0.00551. The molecule has 0 aromatic rings. The van der Waals surface area contributed by atoms with Crippen LogP contribution in [0.4, 0.5) is 0 Å². The molecule has 0 aromatic heterocycles. The number of aliphatic hydroxyl groups excluding tert-OH is 2. The van der Waals surface area contributed by atoms with Crippen molar-refractivity contribution in [2.24, 2.45) is 5.92 Å². The third-order valence-corrected chi connectivity index (χ3v) is 1.70. The van der Waals surface area contributed by atoms with Crippen molar-refractivity contribution < 1.29 is 20.1 Å². The van der Waals surface area contributed by atoms with Crippen molar-refractivity contribution in [3.05, 3.63) is 12.2 Å². The average Bonchev–Trinajstić information content (AvgIpc) is 2.05. The van der Waals surface area contributed by atoms with E-state index in [2.05, 4.69) is 6.58 Å². The molecule has 0 radical (unpaired) electrons. The van der Waals surface area contributed by atoms with Crippen LogP contribution >= 0.6 is 0 Å². The van der Waals surface area contributed by atoms with Crippen LogP contribution in [-0.2, 0) is 4.79 Å². The van der Waals surface area contributed by atoms with Gasteiger partial charge in [-0.25, -0.2) is 4.79 Å². The zero-order valence-electron chi connectivity index (χ0n) is 6.86. The second-order valence-corrected chi connectivity index (χ2v) is 2.58. The molecular formula is C8H14O4. The molecule has 0 amide bonds. The van der Waals surface area contributed by atoms with E-state index >= 15 is 0 Å². The largest absolute Gasteiger partial charge is 0.478 e. The average molecular weight is 174 g/mol. The summed E-state index contributed by atoms with van der Waals surface area (Å²) in [6, 6.07) is 0. The minimum atomic E-state index is -1.09. The van der Waals surface area contributed by atoms with Crippen LogP contribution < -0.4 is 0 Å². The lowest BCUT2D eigenvalue weighted by atomic mass is 9.96. The van der Waals surface area contributed by atoms with Gasteiger partial charge in [0, 0.05) is 18.1 Å². The Balaban J connectivity index is 3.96. The van der Waals surface area contributed by atoms with E-state index < -0.39 is 11.9 Å². The first-order chi connectivity index (χ1) is 5.63. The van der Waals surface area contributed by atoms with Crippen molar-refractivity contribution in [2.75, 3.05) is 13.2 Å². The van der Waals surface area contributed by atoms with Crippen molar-refractivity contribution >= 4 is 5.97 Å². The second-order valence-electron chi connectivity index (χ2n) is 2.58. The highest BCUT2D eigenvalue weighted by Gasteiger charge is 2.16. The Morgan fingerprint density at radius 1 is 1.42 bits per heavy atom. The Kier molecular flexibility index (Phi) is 5.32. The van der Waals surface area contributed by atoms with Crippen LogP contribution in [-0.4, -0.2) is 34.5 Å². The van der Waals surface area contributed by atoms with E-state index in [1.165, 1.54) is 0 Å². The van der Waals surface area contributed by atoms with Gasteiger partial charge in [-0.15, -0.1) is 0 Å². The van der Waals surface area contributed by atoms with Gasteiger partial charge in [-0.05, 0) is 12.8 Å². The molecular weight excluding hydrogens is 160 g/mol. The van der Waals surface area contributed by atoms with Gasteiger partial charge in [0.2, 0.25) is 0 Å². The highest BCUT2D eigenvalue weighted by atomic mass is 16.4. The fraction of sp³-hybridized carbons (Fsp3) is 0.625. The smallest absolute Gasteiger partial charge is 0.331 e. The van der Waals surface area contributed by atoms with Crippen LogP contribution in [0.5, 0.6) is 0 Å². The maximum atomic E-state index is 10.4. The van der Waals surface area contributed by atoms with Gasteiger partial charge < -0.3 is 15.3 Å². The summed E-state index contributed by atoms with van der Waals surface area (Å²) in [6.45, 7) is 3.11. The third kappa shape index (κ3) is 3.50. The number of aliphatic carboxylic acids is 1. The summed E-state index contributed by atoms with van der Waals surface area (Å²) in [7, 11) is 0. The third-order valence-electron chi connectivity index (χ3n) is 1.70. The molecule has 0 aliphatic carbocycles. The Hall–Kier alpha value is -0.870. The van der Waals surface area contributed by atoms with E-state index in [0.717, 1.165) is 0 Å². The van der Waals surface area contributed by atoms with E-state index in [1.807, 2.05) is 0 Å². The second kappa shape index (κ2) is 5.74. The minimum Gasteiger partial charge on any atom is -0.478 e. The molecule has 1 atom stereocenters. The molecule has 0 fully saturated rings. The molecule has 0 saturated heterocycles. The predicted molar refractivity (Wildman–Crippen MR) is 43.7 cm³/mol. The lowest BCUT2D eigenvalue weighted by Gasteiger charge is -2.12. The molecule has 0 bridgehead atoms. The normalized spacial score (nSPS) is 12.5. The molecule has 3 N–H and O–H groups in total. The summed E-state index contributed by atoms with van der Waals surface area (Å²) >= 11 is 0. The first-order valence-electron chi connectivity index (χ1n) is 3.77. The van der Waals surface area contributed by atoms with Crippen LogP contribution in [0.15, 0.2) is 12.2 Å². The summed E-state index contributed by atoms with van der Waals surface area (Å²) in [6.07, 6.45) is 0.940. The fourth-order valence-electron chi connectivity index (χ4n) is 0.888. The summed E-state index contributed by atoms with van der Waals surface area (Å²) < 4.78 is 0. The standard InChI is InChI=1S/C8H14O4/c1-6(8(11)12)7(5-10)3-2-4-9/h7,9-10H,1-5H2,(H,11,12). The van der Waals surface area contributed by atoms with Crippen molar-refractivity contribution in [2.45, 2.75) is 12.8 Å². The molecule has 0 aliphatic heterocycles. The van der Waals surface area contributed by atoms with E-state index in [0.29, 0.717) is 12.8 Å². The van der Waals surface area contributed by atoms with Crippen LogP contribution in [0, 0.1) is 5.92 Å². The van der Waals surface area contributed by atoms with Crippen LogP contribution in [0.2, 0.25) is 0 Å². The molecule has 0 aliphatic rings. The summed E-state index contributed by atoms with van der Waals surface area (Å²) in [4.78, 5) is 10.4. The van der Waals surface area contributed by atoms with Gasteiger partial charge in [-0.3, -0.25) is 0 Å². The number of aliphatic hydroxyl groups is 2. The minimum absolute atomic E-state index is 0.00337. The number of rotatable bonds is 6. The molecule has 0 heterocycles. The zero-order valence-corrected chi connectivity index (χ0v) is 6.86. The molecule has 4 heteroatoms. The Bertz CT molecular complexity index is 164. The maximum absolute atomic E-state index is 10.4. The predicted octanol–water partition coefficient (Wildman–Crippen LogP) is 0.00820. The fourth-order valence-corrected chi connectivity index (χ4v) is 0.888. The van der Waals surface area contributed by atoms with Crippen molar-refractivity contribution in [3.63, 3.8) is 0 Å². The number of carbonyl (C=O) groups is 1. The lowest BCUT2D eigenvalue weighted by molar-refractivity contribution is -0.133. The molecule has 0 saturated carbocycles. The first kappa shape index (κ1) is 11.1. The molecule has 70 valence electrons. The summed E-state index contributed by atoms with van der Waals surface area (Å²) in [5.74, 6) is -1.53. The summed E-state index contributed by atoms with van der Waals surface area (Å²) in [5, 5.41) is 25.7. The Labute approximate surface area is 71.1 Å². The highest BCUT2D eigenvalue weighted by Crippen LogP contribution is 2.14. The van der Waals surface area contributed by atoms with E-state index in [4.69, 9.17) is 15.3 Å². The number of carboxylic acid groups (broad SMARTS) is 1. The van der Waals surface area contributed by atoms with Gasteiger partial charge in [0.25, 0.3) is 0 Å². The SMILES string of the molecule is C=C(C(=O)O)C(CO)CCCO. The van der Waals surface area contributed by atoms with Crippen LogP contribution in [0.1, 0.15) is 12.8 Å². The molecule has 1 unspecified atom stereocenters. The van der Waals surface area contributed by atoms with Gasteiger partial charge in [0.1, 0.15) is 0 Å². The van der Waals surface area contributed by atoms with Crippen LogP contribution in [0.3, 0.4) is 0 Å². The van der Waals surface area contributed by atoms with Crippen LogP contribution in [0.25, 0.3) is 0 Å². The molecule has 0 aromatic carbocycles. The molecule has 4 nitrogen and oxygen atoms in total. The Morgan fingerprint density at radius 2 is 2.00 bits per heavy atom. The maximum Gasteiger partial charge on any atom is 0.331 e.